The van der Waals surface area contributed by atoms with E-state index in [2.05, 4.69) is 192 Å². The molecule has 0 aromatic heterocycles. The third-order valence-electron chi connectivity index (χ3n) is 9.00. The first-order chi connectivity index (χ1) is 18.6. The van der Waals surface area contributed by atoms with Crippen LogP contribution in [0.25, 0.3) is 0 Å². The summed E-state index contributed by atoms with van der Waals surface area (Å²) in [6, 6.07) is 0. The van der Waals surface area contributed by atoms with Crippen LogP contribution in [0.4, 0.5) is 0 Å². The molecule has 0 unspecified atom stereocenters. The Morgan fingerprint density at radius 2 is 0.250 bits per heavy atom. The van der Waals surface area contributed by atoms with Gasteiger partial charge in [0.2, 0.25) is 0 Å². The molecule has 0 aliphatic carbocycles. The third kappa shape index (κ3) is 33.5. The van der Waals surface area contributed by atoms with Gasteiger partial charge in [0.05, 0.1) is 35.2 Å². The molecule has 8 heteroatoms. The molecule has 0 fully saturated rings. The van der Waals surface area contributed by atoms with Crippen molar-refractivity contribution in [1.82, 2.24) is 0 Å². The predicted molar refractivity (Wildman–Crippen MR) is 227 cm³/mol. The van der Waals surface area contributed by atoms with Crippen LogP contribution in [0.2, 0.25) is 66.5 Å². The first-order valence-corrected chi connectivity index (χ1v) is 37.5. The molecule has 0 saturated heterocycles. The number of hydrogen-bond acceptors (Lipinski definition) is 0. The van der Waals surface area contributed by atoms with Crippen molar-refractivity contribution in [1.29, 1.82) is 0 Å². The van der Waals surface area contributed by atoms with E-state index in [0.29, 0.717) is 40.3 Å². The Morgan fingerprint density at radius 3 is 0.250 bits per heavy atom. The van der Waals surface area contributed by atoms with Crippen LogP contribution in [-0.4, -0.2) is 91.2 Å². The molecule has 0 aromatic rings. The van der Waals surface area contributed by atoms with Crippen LogP contribution in [0, 0.1) is 0 Å². The molecule has 0 aliphatic rings. The van der Waals surface area contributed by atoms with E-state index >= 15 is 0 Å². The summed E-state index contributed by atoms with van der Waals surface area (Å²) in [6.07, 6.45) is 0. The van der Waals surface area contributed by atoms with E-state index in [1.165, 1.54) is 0 Å². The minimum absolute atomic E-state index is 0.221. The first-order valence-electron chi connectivity index (χ1n) is 16.5. The Morgan fingerprint density at radius 1 is 0.205 bits per heavy atom. The van der Waals surface area contributed by atoms with E-state index in [1.54, 1.807) is 0 Å². The van der Waals surface area contributed by atoms with Gasteiger partial charge in [0.15, 0.2) is 0 Å². The molecule has 0 saturated carbocycles. The summed E-state index contributed by atoms with van der Waals surface area (Å²) in [4.78, 5) is 0. The zero-order chi connectivity index (χ0) is 38.3. The van der Waals surface area contributed by atoms with Crippen molar-refractivity contribution >= 4 is 91.2 Å². The molecule has 0 N–H and O–H groups in total. The summed E-state index contributed by atoms with van der Waals surface area (Å²) in [7, 11) is -0.883. The second-order valence-electron chi connectivity index (χ2n) is 20.5. The van der Waals surface area contributed by atoms with Crippen LogP contribution >= 0.6 is 0 Å². The topological polar surface area (TPSA) is 0 Å². The van der Waals surface area contributed by atoms with Gasteiger partial charge in [0.1, 0.15) is 0 Å². The Balaban J connectivity index is -0.000000105. The fourth-order valence-corrected chi connectivity index (χ4v) is 13.5. The van der Waals surface area contributed by atoms with E-state index < -0.39 is 0 Å². The van der Waals surface area contributed by atoms with Crippen molar-refractivity contribution in [2.75, 3.05) is 0 Å². The summed E-state index contributed by atoms with van der Waals surface area (Å²) >= 11 is 8.00. The molecular formula is C36H84Ge4Si4. The van der Waals surface area contributed by atoms with Gasteiger partial charge in [-0.2, -0.15) is 0 Å². The SMILES string of the molecule is C[Si](C(C)(C)C)C(C)(C)C.C[Si](C(C)(C)C)C(C)(C)C.C[Si](C(C)(C)C)C(C)(C)C.C[Si](C(C)(C)C)C(C)(C)C.[Ge]=[Ge].[Ge]=[Ge]. The van der Waals surface area contributed by atoms with Crippen molar-refractivity contribution in [2.24, 2.45) is 0 Å². The Labute approximate surface area is 320 Å². The predicted octanol–water partition coefficient (Wildman–Crippen LogP) is 13.3. The maximum atomic E-state index is 2.44. The fourth-order valence-electron chi connectivity index (χ4n) is 4.50. The summed E-state index contributed by atoms with van der Waals surface area (Å²) in [6.45, 7) is 66.2. The summed E-state index contributed by atoms with van der Waals surface area (Å²) in [5, 5.41) is 4.36. The van der Waals surface area contributed by atoms with Crippen LogP contribution < -0.4 is 0 Å². The minimum atomic E-state index is -0.221. The van der Waals surface area contributed by atoms with Gasteiger partial charge in [0, 0.05) is 0 Å². The summed E-state index contributed by atoms with van der Waals surface area (Å²) in [5.74, 6) is 0. The molecule has 0 nitrogen and oxygen atoms in total. The molecule has 12 radical (unpaired) electrons. The standard InChI is InChI=1S/4C9H21Si.2Ge2/c4*1-8(2,3)10(7)9(4,5)6;2*1-2/h4*1-7H3;;. The van der Waals surface area contributed by atoms with Crippen molar-refractivity contribution in [3.8, 4) is 0 Å². The monoisotopic (exact) mass is 924 g/mol. The summed E-state index contributed by atoms with van der Waals surface area (Å²) < 4.78 is 0. The number of rotatable bonds is 0. The zero-order valence-electron chi connectivity index (χ0n) is 36.0. The van der Waals surface area contributed by atoms with Crippen LogP contribution in [0.1, 0.15) is 166 Å². The molecular weight excluding hydrogens is 835 g/mol. The molecule has 44 heavy (non-hydrogen) atoms. The van der Waals surface area contributed by atoms with E-state index in [-0.39, 0.29) is 35.2 Å². The van der Waals surface area contributed by atoms with Crippen molar-refractivity contribution in [3.63, 3.8) is 0 Å². The Hall–Kier alpha value is 3.04. The van der Waals surface area contributed by atoms with Crippen LogP contribution in [-0.2, 0) is 0 Å². The fraction of sp³-hybridized carbons (Fsp3) is 1.00. The molecule has 0 rings (SSSR count). The third-order valence-corrected chi connectivity index (χ3v) is 27.0. The van der Waals surface area contributed by atoms with Gasteiger partial charge in [-0.05, 0) is 40.3 Å². The normalized spacial score (nSPS) is 13.3. The molecule has 0 spiro atoms. The van der Waals surface area contributed by atoms with Crippen LogP contribution in [0.3, 0.4) is 0 Å². The van der Waals surface area contributed by atoms with Gasteiger partial charge in [0.25, 0.3) is 0 Å². The average Bonchev–Trinajstić information content (AvgIpc) is 2.76. The molecule has 0 heterocycles. The van der Waals surface area contributed by atoms with Gasteiger partial charge >= 0.3 is 56.0 Å². The molecule has 0 atom stereocenters. The molecule has 0 bridgehead atoms. The van der Waals surface area contributed by atoms with E-state index in [0.717, 1.165) is 0 Å². The van der Waals surface area contributed by atoms with E-state index in [9.17, 15) is 0 Å². The van der Waals surface area contributed by atoms with E-state index in [1.807, 2.05) is 56.0 Å². The van der Waals surface area contributed by atoms with Gasteiger partial charge in [-0.3, -0.25) is 0 Å². The van der Waals surface area contributed by atoms with Gasteiger partial charge in [-0.25, -0.2) is 0 Å². The molecule has 0 aliphatic heterocycles. The average molecular weight is 920 g/mol. The summed E-state index contributed by atoms with van der Waals surface area (Å²) in [5.41, 5.74) is 0. The Kier molecular flexibility index (Phi) is 31.6. The van der Waals surface area contributed by atoms with Crippen LogP contribution in [0.5, 0.6) is 0 Å². The molecule has 0 amide bonds. The van der Waals surface area contributed by atoms with Crippen molar-refractivity contribution in [3.05, 3.63) is 0 Å². The first kappa shape index (κ1) is 59.2. The van der Waals surface area contributed by atoms with Crippen molar-refractivity contribution in [2.45, 2.75) is 233 Å². The quantitative estimate of drug-likeness (QED) is 0.212. The second kappa shape index (κ2) is 23.5. The maximum absolute atomic E-state index is 2.44. The van der Waals surface area contributed by atoms with Crippen LogP contribution in [0.15, 0.2) is 0 Å². The van der Waals surface area contributed by atoms with Gasteiger partial charge < -0.3 is 0 Å². The van der Waals surface area contributed by atoms with Gasteiger partial charge in [-0.1, -0.05) is 192 Å². The van der Waals surface area contributed by atoms with Crippen molar-refractivity contribution < 1.29 is 0 Å². The van der Waals surface area contributed by atoms with E-state index in [4.69, 9.17) is 0 Å². The molecule has 0 aromatic carbocycles. The number of hydrogen-bond donors (Lipinski definition) is 0. The zero-order valence-corrected chi connectivity index (χ0v) is 48.4. The molecule has 260 valence electrons. The Bertz CT molecular complexity index is 522. The second-order valence-corrected chi connectivity index (χ2v) is 37.5. The van der Waals surface area contributed by atoms with Gasteiger partial charge in [-0.15, -0.1) is 0 Å².